The van der Waals surface area contributed by atoms with Crippen LogP contribution in [0.2, 0.25) is 0 Å². The summed E-state index contributed by atoms with van der Waals surface area (Å²) in [7, 11) is 0. The van der Waals surface area contributed by atoms with Crippen molar-refractivity contribution in [3.8, 4) is 5.75 Å². The molecule has 0 atom stereocenters. The summed E-state index contributed by atoms with van der Waals surface area (Å²) < 4.78 is 5.49. The van der Waals surface area contributed by atoms with Crippen LogP contribution in [0.15, 0.2) is 41.8 Å². The highest BCUT2D eigenvalue weighted by Crippen LogP contribution is 2.13. The molecule has 3 heteroatoms. The standard InChI is InChI=1S/C15H19NOS/c1-2-17-14-6-3-5-13(11-14)12-16-9-8-15-7-4-10-18-15/h3-7,10-11,16H,2,8-9,12H2,1H3. The highest BCUT2D eigenvalue weighted by molar-refractivity contribution is 7.09. The van der Waals surface area contributed by atoms with Crippen molar-refractivity contribution in [1.82, 2.24) is 5.32 Å². The molecular weight excluding hydrogens is 242 g/mol. The van der Waals surface area contributed by atoms with Crippen molar-refractivity contribution in [2.45, 2.75) is 19.9 Å². The Balaban J connectivity index is 1.74. The van der Waals surface area contributed by atoms with Gasteiger partial charge in [-0.1, -0.05) is 18.2 Å². The Bertz CT molecular complexity index is 453. The van der Waals surface area contributed by atoms with Gasteiger partial charge < -0.3 is 10.1 Å². The summed E-state index contributed by atoms with van der Waals surface area (Å²) in [6.45, 7) is 4.63. The van der Waals surface area contributed by atoms with Gasteiger partial charge in [0.15, 0.2) is 0 Å². The second kappa shape index (κ2) is 7.19. The molecule has 1 N–H and O–H groups in total. The lowest BCUT2D eigenvalue weighted by Crippen LogP contribution is -2.16. The molecular formula is C15H19NOS. The van der Waals surface area contributed by atoms with Crippen molar-refractivity contribution in [2.75, 3.05) is 13.2 Å². The Morgan fingerprint density at radius 1 is 1.22 bits per heavy atom. The maximum absolute atomic E-state index is 5.49. The molecule has 2 rings (SSSR count). The smallest absolute Gasteiger partial charge is 0.119 e. The molecule has 0 radical (unpaired) electrons. The third-order valence-electron chi connectivity index (χ3n) is 2.67. The molecule has 0 aliphatic carbocycles. The zero-order valence-corrected chi connectivity index (χ0v) is 11.5. The summed E-state index contributed by atoms with van der Waals surface area (Å²) in [6, 6.07) is 12.6. The van der Waals surface area contributed by atoms with Crippen molar-refractivity contribution in [3.05, 3.63) is 52.2 Å². The topological polar surface area (TPSA) is 21.3 Å². The second-order valence-electron chi connectivity index (χ2n) is 4.09. The average molecular weight is 261 g/mol. The molecule has 1 aromatic carbocycles. The first-order valence-corrected chi connectivity index (χ1v) is 7.21. The fourth-order valence-electron chi connectivity index (χ4n) is 1.81. The molecule has 0 unspecified atom stereocenters. The van der Waals surface area contributed by atoms with Gasteiger partial charge in [0.05, 0.1) is 6.61 Å². The predicted molar refractivity (Wildman–Crippen MR) is 77.3 cm³/mol. The summed E-state index contributed by atoms with van der Waals surface area (Å²) in [5.41, 5.74) is 1.27. The Hall–Kier alpha value is -1.32. The predicted octanol–water partition coefficient (Wildman–Crippen LogP) is 3.48. The van der Waals surface area contributed by atoms with Gasteiger partial charge in [-0.25, -0.2) is 0 Å². The number of hydrogen-bond donors (Lipinski definition) is 1. The van der Waals surface area contributed by atoms with Crippen molar-refractivity contribution in [3.63, 3.8) is 0 Å². The number of ether oxygens (including phenoxy) is 1. The first kappa shape index (κ1) is 13.1. The number of thiophene rings is 1. The van der Waals surface area contributed by atoms with E-state index in [-0.39, 0.29) is 0 Å². The van der Waals surface area contributed by atoms with Crippen LogP contribution in [0, 0.1) is 0 Å². The fraction of sp³-hybridized carbons (Fsp3) is 0.333. The molecule has 2 aromatic rings. The minimum absolute atomic E-state index is 0.718. The van der Waals surface area contributed by atoms with Gasteiger partial charge in [-0.2, -0.15) is 0 Å². The van der Waals surface area contributed by atoms with E-state index in [1.165, 1.54) is 10.4 Å². The van der Waals surface area contributed by atoms with Crippen molar-refractivity contribution in [2.24, 2.45) is 0 Å². The molecule has 0 saturated carbocycles. The number of hydrogen-bond acceptors (Lipinski definition) is 3. The zero-order valence-electron chi connectivity index (χ0n) is 10.7. The molecule has 1 aromatic heterocycles. The third-order valence-corrected chi connectivity index (χ3v) is 3.60. The van der Waals surface area contributed by atoms with E-state index in [9.17, 15) is 0 Å². The highest BCUT2D eigenvalue weighted by atomic mass is 32.1. The lowest BCUT2D eigenvalue weighted by Gasteiger charge is -2.07. The Morgan fingerprint density at radius 3 is 2.94 bits per heavy atom. The number of nitrogens with one attached hydrogen (secondary N) is 1. The van der Waals surface area contributed by atoms with Crippen LogP contribution in [0.3, 0.4) is 0 Å². The van der Waals surface area contributed by atoms with Crippen molar-refractivity contribution >= 4 is 11.3 Å². The molecule has 1 heterocycles. The zero-order chi connectivity index (χ0) is 12.6. The fourth-order valence-corrected chi connectivity index (χ4v) is 2.52. The summed E-state index contributed by atoms with van der Waals surface area (Å²) >= 11 is 1.82. The summed E-state index contributed by atoms with van der Waals surface area (Å²) in [5, 5.41) is 5.59. The van der Waals surface area contributed by atoms with Gasteiger partial charge in [-0.3, -0.25) is 0 Å². The summed E-state index contributed by atoms with van der Waals surface area (Å²) in [4.78, 5) is 1.44. The van der Waals surface area contributed by atoms with Gasteiger partial charge in [0.1, 0.15) is 5.75 Å². The van der Waals surface area contributed by atoms with Gasteiger partial charge in [0, 0.05) is 18.0 Å². The molecule has 0 aliphatic rings. The van der Waals surface area contributed by atoms with E-state index in [0.717, 1.165) is 31.9 Å². The van der Waals surface area contributed by atoms with E-state index in [2.05, 4.69) is 35.0 Å². The molecule has 0 bridgehead atoms. The molecule has 18 heavy (non-hydrogen) atoms. The van der Waals surface area contributed by atoms with Crippen molar-refractivity contribution in [1.29, 1.82) is 0 Å². The van der Waals surface area contributed by atoms with Gasteiger partial charge in [-0.15, -0.1) is 11.3 Å². The number of rotatable bonds is 7. The third kappa shape index (κ3) is 4.17. The molecule has 0 aliphatic heterocycles. The van der Waals surface area contributed by atoms with Gasteiger partial charge in [0.2, 0.25) is 0 Å². The van der Waals surface area contributed by atoms with Crippen molar-refractivity contribution < 1.29 is 4.74 Å². The minimum Gasteiger partial charge on any atom is -0.494 e. The summed E-state index contributed by atoms with van der Waals surface area (Å²) in [5.74, 6) is 0.954. The average Bonchev–Trinajstić information content (AvgIpc) is 2.89. The van der Waals surface area contributed by atoms with E-state index in [1.54, 1.807) is 0 Å². The second-order valence-corrected chi connectivity index (χ2v) is 5.12. The van der Waals surface area contributed by atoms with Crippen LogP contribution in [0.5, 0.6) is 5.75 Å². The molecule has 0 amide bonds. The highest BCUT2D eigenvalue weighted by Gasteiger charge is 1.97. The van der Waals surface area contributed by atoms with E-state index >= 15 is 0 Å². The van der Waals surface area contributed by atoms with Crippen LogP contribution < -0.4 is 10.1 Å². The Labute approximate surface area is 113 Å². The van der Waals surface area contributed by atoms with E-state index in [4.69, 9.17) is 4.74 Å². The lowest BCUT2D eigenvalue weighted by atomic mass is 10.2. The van der Waals surface area contributed by atoms with E-state index in [1.807, 2.05) is 30.4 Å². The lowest BCUT2D eigenvalue weighted by molar-refractivity contribution is 0.340. The first-order valence-electron chi connectivity index (χ1n) is 6.33. The van der Waals surface area contributed by atoms with E-state index < -0.39 is 0 Å². The van der Waals surface area contributed by atoms with Crippen LogP contribution in [-0.4, -0.2) is 13.2 Å². The van der Waals surface area contributed by atoms with Gasteiger partial charge in [-0.05, 0) is 42.5 Å². The quantitative estimate of drug-likeness (QED) is 0.770. The first-order chi connectivity index (χ1) is 8.88. The van der Waals surface area contributed by atoms with Crippen LogP contribution in [0.25, 0.3) is 0 Å². The number of benzene rings is 1. The normalized spacial score (nSPS) is 10.5. The minimum atomic E-state index is 0.718. The molecule has 2 nitrogen and oxygen atoms in total. The SMILES string of the molecule is CCOc1cccc(CNCCc2cccs2)c1. The van der Waals surface area contributed by atoms with Crippen LogP contribution >= 0.6 is 11.3 Å². The maximum atomic E-state index is 5.49. The Morgan fingerprint density at radius 2 is 2.17 bits per heavy atom. The molecule has 0 saturated heterocycles. The van der Waals surface area contributed by atoms with Crippen LogP contribution in [0.1, 0.15) is 17.4 Å². The largest absolute Gasteiger partial charge is 0.494 e. The van der Waals surface area contributed by atoms with Crippen LogP contribution in [0.4, 0.5) is 0 Å². The van der Waals surface area contributed by atoms with Crippen LogP contribution in [-0.2, 0) is 13.0 Å². The summed E-state index contributed by atoms with van der Waals surface area (Å²) in [6.07, 6.45) is 1.10. The van der Waals surface area contributed by atoms with Gasteiger partial charge >= 0.3 is 0 Å². The van der Waals surface area contributed by atoms with E-state index in [0.29, 0.717) is 0 Å². The monoisotopic (exact) mass is 261 g/mol. The van der Waals surface area contributed by atoms with Gasteiger partial charge in [0.25, 0.3) is 0 Å². The molecule has 96 valence electrons. The Kier molecular flexibility index (Phi) is 5.24. The molecule has 0 spiro atoms. The maximum Gasteiger partial charge on any atom is 0.119 e. The molecule has 0 fully saturated rings.